The van der Waals surface area contributed by atoms with Gasteiger partial charge in [0.25, 0.3) is 0 Å². The molecule has 3 heterocycles. The summed E-state index contributed by atoms with van der Waals surface area (Å²) in [5.74, 6) is 9.34. The first kappa shape index (κ1) is 20.0. The van der Waals surface area contributed by atoms with E-state index in [2.05, 4.69) is 43.5 Å². The Morgan fingerprint density at radius 1 is 1.03 bits per heavy atom. The summed E-state index contributed by atoms with van der Waals surface area (Å²) in [7, 11) is 0. The topological polar surface area (TPSA) is 72.0 Å². The number of fused-ring (bicyclic) bond motifs is 1. The highest BCUT2D eigenvalue weighted by Gasteiger charge is 2.10. The average Bonchev–Trinajstić information content (AvgIpc) is 2.85. The molecule has 2 aromatic carbocycles. The fourth-order valence-electron chi connectivity index (χ4n) is 3.68. The highest BCUT2D eigenvalue weighted by Crippen LogP contribution is 2.26. The van der Waals surface area contributed by atoms with Crippen LogP contribution in [0.15, 0.2) is 73.3 Å². The van der Waals surface area contributed by atoms with E-state index in [0.29, 0.717) is 11.7 Å². The van der Waals surface area contributed by atoms with Gasteiger partial charge in [0.15, 0.2) is 0 Å². The molecule has 2 aromatic heterocycles. The number of benzene rings is 2. The van der Waals surface area contributed by atoms with Gasteiger partial charge in [0.05, 0.1) is 11.7 Å². The Morgan fingerprint density at radius 3 is 2.78 bits per heavy atom. The number of rotatable bonds is 4. The Morgan fingerprint density at radius 2 is 1.97 bits per heavy atom. The third kappa shape index (κ3) is 4.85. The van der Waals surface area contributed by atoms with Crippen molar-refractivity contribution in [3.8, 4) is 23.3 Å². The van der Waals surface area contributed by atoms with E-state index in [9.17, 15) is 0 Å². The molecule has 0 radical (unpaired) electrons. The van der Waals surface area contributed by atoms with E-state index in [1.807, 2.05) is 48.5 Å². The fraction of sp³-hybridized carbons (Fsp3) is 0.192. The number of ether oxygens (including phenoxy) is 1. The minimum Gasteiger partial charge on any atom is -0.456 e. The van der Waals surface area contributed by atoms with E-state index in [1.165, 1.54) is 6.42 Å². The number of hydrogen-bond donors (Lipinski definition) is 2. The van der Waals surface area contributed by atoms with Crippen molar-refractivity contribution in [2.24, 2.45) is 5.92 Å². The first-order valence-corrected chi connectivity index (χ1v) is 10.8. The predicted molar refractivity (Wildman–Crippen MR) is 126 cm³/mol. The fourth-order valence-corrected chi connectivity index (χ4v) is 3.68. The Bertz CT molecular complexity index is 1260. The summed E-state index contributed by atoms with van der Waals surface area (Å²) >= 11 is 0. The maximum atomic E-state index is 5.81. The molecule has 0 saturated carbocycles. The van der Waals surface area contributed by atoms with Crippen LogP contribution in [0, 0.1) is 17.8 Å². The summed E-state index contributed by atoms with van der Waals surface area (Å²) in [5.41, 5.74) is 2.76. The van der Waals surface area contributed by atoms with Crippen molar-refractivity contribution in [3.63, 3.8) is 0 Å². The lowest BCUT2D eigenvalue weighted by molar-refractivity contribution is 0.449. The van der Waals surface area contributed by atoms with Crippen LogP contribution in [0.4, 0.5) is 11.5 Å². The summed E-state index contributed by atoms with van der Waals surface area (Å²) in [4.78, 5) is 12.9. The quantitative estimate of drug-likeness (QED) is 0.456. The second-order valence-corrected chi connectivity index (χ2v) is 7.71. The third-order valence-corrected chi connectivity index (χ3v) is 5.34. The molecule has 4 aromatic rings. The first-order valence-electron chi connectivity index (χ1n) is 10.8. The van der Waals surface area contributed by atoms with Gasteiger partial charge in [0.1, 0.15) is 23.6 Å². The molecule has 0 spiro atoms. The van der Waals surface area contributed by atoms with Crippen LogP contribution >= 0.6 is 0 Å². The Balaban J connectivity index is 1.35. The van der Waals surface area contributed by atoms with Gasteiger partial charge in [0.2, 0.25) is 0 Å². The Hall–Kier alpha value is -3.95. The van der Waals surface area contributed by atoms with Crippen molar-refractivity contribution in [2.75, 3.05) is 18.4 Å². The van der Waals surface area contributed by atoms with Gasteiger partial charge in [-0.15, -0.1) is 0 Å². The standard InChI is InChI=1S/C26H23N5O/c1-3-20(16-27-13-1)6-5-19-7-12-25-24(15-19)26(30-18-29-25)31-21-8-10-22(11-9-21)32-23-4-2-14-28-17-23/h2,4,7-12,14-15,17-18,20,27H,1,3,13,16H2,(H,29,30,31). The maximum Gasteiger partial charge on any atom is 0.145 e. The van der Waals surface area contributed by atoms with Crippen LogP contribution in [-0.4, -0.2) is 28.0 Å². The molecule has 158 valence electrons. The van der Waals surface area contributed by atoms with Crippen LogP contribution in [-0.2, 0) is 0 Å². The summed E-state index contributed by atoms with van der Waals surface area (Å²) < 4.78 is 5.81. The van der Waals surface area contributed by atoms with Crippen molar-refractivity contribution in [3.05, 3.63) is 78.9 Å². The summed E-state index contributed by atoms with van der Waals surface area (Å²) in [6, 6.07) is 17.5. The molecule has 1 saturated heterocycles. The molecule has 5 rings (SSSR count). The molecule has 1 aliphatic rings. The molecule has 6 heteroatoms. The number of hydrogen-bond acceptors (Lipinski definition) is 6. The zero-order chi connectivity index (χ0) is 21.6. The van der Waals surface area contributed by atoms with Gasteiger partial charge in [-0.1, -0.05) is 11.8 Å². The molecule has 0 bridgehead atoms. The first-order chi connectivity index (χ1) is 15.8. The molecule has 1 fully saturated rings. The molecular formula is C26H23N5O. The highest BCUT2D eigenvalue weighted by atomic mass is 16.5. The molecule has 2 N–H and O–H groups in total. The minimum absolute atomic E-state index is 0.413. The molecule has 1 atom stereocenters. The summed E-state index contributed by atoms with van der Waals surface area (Å²) in [6.45, 7) is 2.06. The predicted octanol–water partition coefficient (Wildman–Crippen LogP) is 4.91. The summed E-state index contributed by atoms with van der Waals surface area (Å²) in [6.07, 6.45) is 7.32. The van der Waals surface area contributed by atoms with E-state index >= 15 is 0 Å². The van der Waals surface area contributed by atoms with Crippen molar-refractivity contribution in [2.45, 2.75) is 12.8 Å². The van der Waals surface area contributed by atoms with Crippen LogP contribution in [0.25, 0.3) is 10.9 Å². The molecule has 0 aliphatic carbocycles. The zero-order valence-electron chi connectivity index (χ0n) is 17.6. The van der Waals surface area contributed by atoms with E-state index < -0.39 is 0 Å². The number of nitrogens with zero attached hydrogens (tertiary/aromatic N) is 3. The van der Waals surface area contributed by atoms with Crippen LogP contribution in [0.5, 0.6) is 11.5 Å². The Labute approximate surface area is 187 Å². The van der Waals surface area contributed by atoms with Gasteiger partial charge in [0, 0.05) is 35.3 Å². The van der Waals surface area contributed by atoms with Crippen molar-refractivity contribution < 1.29 is 4.74 Å². The van der Waals surface area contributed by atoms with Crippen molar-refractivity contribution in [1.29, 1.82) is 0 Å². The van der Waals surface area contributed by atoms with E-state index in [1.54, 1.807) is 18.7 Å². The number of anilines is 2. The van der Waals surface area contributed by atoms with Crippen LogP contribution in [0.1, 0.15) is 18.4 Å². The molecule has 1 aliphatic heterocycles. The minimum atomic E-state index is 0.413. The van der Waals surface area contributed by atoms with Crippen LogP contribution in [0.3, 0.4) is 0 Å². The maximum absolute atomic E-state index is 5.81. The van der Waals surface area contributed by atoms with Gasteiger partial charge >= 0.3 is 0 Å². The lowest BCUT2D eigenvalue weighted by Gasteiger charge is -2.17. The van der Waals surface area contributed by atoms with Crippen LogP contribution in [0.2, 0.25) is 0 Å². The second kappa shape index (κ2) is 9.46. The molecule has 32 heavy (non-hydrogen) atoms. The van der Waals surface area contributed by atoms with Gasteiger partial charge in [-0.2, -0.15) is 0 Å². The number of piperidine rings is 1. The number of aromatic nitrogens is 3. The van der Waals surface area contributed by atoms with Gasteiger partial charge < -0.3 is 15.4 Å². The molecule has 6 nitrogen and oxygen atoms in total. The Kier molecular flexibility index (Phi) is 5.91. The smallest absolute Gasteiger partial charge is 0.145 e. The van der Waals surface area contributed by atoms with Gasteiger partial charge in [-0.25, -0.2) is 9.97 Å². The monoisotopic (exact) mass is 421 g/mol. The lowest BCUT2D eigenvalue weighted by atomic mass is 10.00. The highest BCUT2D eigenvalue weighted by molar-refractivity contribution is 5.91. The van der Waals surface area contributed by atoms with E-state index in [-0.39, 0.29) is 0 Å². The van der Waals surface area contributed by atoms with Gasteiger partial charge in [-0.05, 0) is 74.0 Å². The van der Waals surface area contributed by atoms with E-state index in [0.717, 1.165) is 53.2 Å². The largest absolute Gasteiger partial charge is 0.456 e. The SMILES string of the molecule is C(#CC1CCCNC1)c1ccc2ncnc(Nc3ccc(Oc4cccnc4)cc3)c2c1. The molecular weight excluding hydrogens is 398 g/mol. The molecule has 1 unspecified atom stereocenters. The van der Waals surface area contributed by atoms with E-state index in [4.69, 9.17) is 4.74 Å². The number of pyridine rings is 1. The third-order valence-electron chi connectivity index (χ3n) is 5.34. The number of nitrogens with one attached hydrogen (secondary N) is 2. The second-order valence-electron chi connectivity index (χ2n) is 7.71. The van der Waals surface area contributed by atoms with Crippen molar-refractivity contribution >= 4 is 22.4 Å². The summed E-state index contributed by atoms with van der Waals surface area (Å²) in [5, 5.41) is 7.74. The van der Waals surface area contributed by atoms with Crippen LogP contribution < -0.4 is 15.4 Å². The van der Waals surface area contributed by atoms with Gasteiger partial charge in [-0.3, -0.25) is 4.98 Å². The average molecular weight is 422 g/mol. The van der Waals surface area contributed by atoms with Crippen molar-refractivity contribution in [1.82, 2.24) is 20.3 Å². The lowest BCUT2D eigenvalue weighted by Crippen LogP contribution is -2.28. The normalized spacial score (nSPS) is 15.6. The molecule has 0 amide bonds. The zero-order valence-corrected chi connectivity index (χ0v) is 17.6.